The number of rotatable bonds is 3. The van der Waals surface area contributed by atoms with Crippen LogP contribution >= 0.6 is 0 Å². The van der Waals surface area contributed by atoms with Gasteiger partial charge in [-0.15, -0.1) is 0 Å². The van der Waals surface area contributed by atoms with Crippen molar-refractivity contribution in [2.75, 3.05) is 7.05 Å². The molecule has 0 radical (unpaired) electrons. The molecule has 0 aliphatic heterocycles. The van der Waals surface area contributed by atoms with Crippen LogP contribution in [0.4, 0.5) is 0 Å². The molecule has 1 heteroatoms. The fraction of sp³-hybridized carbons (Fsp3) is 1.00. The molecule has 5 unspecified atom stereocenters. The van der Waals surface area contributed by atoms with Crippen LogP contribution in [0.5, 0.6) is 0 Å². The third-order valence-corrected chi connectivity index (χ3v) is 5.45. The lowest BCUT2D eigenvalue weighted by Crippen LogP contribution is -2.44. The summed E-state index contributed by atoms with van der Waals surface area (Å²) in [4.78, 5) is 0. The Kier molecular flexibility index (Phi) is 4.52. The van der Waals surface area contributed by atoms with Crippen LogP contribution in [0.25, 0.3) is 0 Å². The van der Waals surface area contributed by atoms with Gasteiger partial charge in [-0.05, 0) is 62.3 Å². The average Bonchev–Trinajstić information content (AvgIpc) is 2.65. The summed E-state index contributed by atoms with van der Waals surface area (Å²) in [6, 6.07) is 0.790. The van der Waals surface area contributed by atoms with Crippen molar-refractivity contribution >= 4 is 0 Å². The van der Waals surface area contributed by atoms with Crippen LogP contribution in [-0.2, 0) is 0 Å². The van der Waals surface area contributed by atoms with Crippen LogP contribution in [0.2, 0.25) is 0 Å². The summed E-state index contributed by atoms with van der Waals surface area (Å²) in [6.45, 7) is 7.37. The van der Waals surface area contributed by atoms with Gasteiger partial charge in [0, 0.05) is 6.04 Å². The monoisotopic (exact) mass is 237 g/mol. The fourth-order valence-electron chi connectivity index (χ4n) is 4.81. The number of hydrogen-bond acceptors (Lipinski definition) is 1. The van der Waals surface area contributed by atoms with E-state index < -0.39 is 0 Å². The summed E-state index contributed by atoms with van der Waals surface area (Å²) in [5.41, 5.74) is 0. The third kappa shape index (κ3) is 3.05. The minimum Gasteiger partial charge on any atom is -0.316 e. The van der Waals surface area contributed by atoms with Crippen LogP contribution in [0, 0.1) is 29.6 Å². The summed E-state index contributed by atoms with van der Waals surface area (Å²) < 4.78 is 0. The zero-order valence-corrected chi connectivity index (χ0v) is 12.2. The SMILES string of the molecule is CNC(C1CC(C)CC(C)C1)C1CCCC1C. The average molecular weight is 237 g/mol. The molecule has 0 aromatic heterocycles. The Labute approximate surface area is 108 Å². The normalized spacial score (nSPS) is 44.8. The minimum atomic E-state index is 0.790. The van der Waals surface area contributed by atoms with Gasteiger partial charge in [0.1, 0.15) is 0 Å². The topological polar surface area (TPSA) is 12.0 Å². The third-order valence-electron chi connectivity index (χ3n) is 5.45. The van der Waals surface area contributed by atoms with Gasteiger partial charge in [0.25, 0.3) is 0 Å². The summed E-state index contributed by atoms with van der Waals surface area (Å²) in [5, 5.41) is 3.69. The molecule has 0 spiro atoms. The van der Waals surface area contributed by atoms with Crippen molar-refractivity contribution in [3.05, 3.63) is 0 Å². The van der Waals surface area contributed by atoms with Crippen LogP contribution in [0.15, 0.2) is 0 Å². The summed E-state index contributed by atoms with van der Waals surface area (Å²) in [7, 11) is 2.19. The van der Waals surface area contributed by atoms with Crippen molar-refractivity contribution in [2.45, 2.75) is 65.3 Å². The Bertz CT molecular complexity index is 228. The van der Waals surface area contributed by atoms with Crippen molar-refractivity contribution in [3.63, 3.8) is 0 Å². The Morgan fingerprint density at radius 1 is 0.941 bits per heavy atom. The highest BCUT2D eigenvalue weighted by molar-refractivity contribution is 4.91. The van der Waals surface area contributed by atoms with Gasteiger partial charge in [0.2, 0.25) is 0 Å². The molecule has 2 fully saturated rings. The molecule has 2 aliphatic carbocycles. The molecule has 5 atom stereocenters. The summed E-state index contributed by atoms with van der Waals surface area (Å²) in [6.07, 6.45) is 8.75. The first-order valence-corrected chi connectivity index (χ1v) is 7.79. The van der Waals surface area contributed by atoms with Gasteiger partial charge in [0.05, 0.1) is 0 Å². The van der Waals surface area contributed by atoms with Crippen molar-refractivity contribution in [1.82, 2.24) is 5.32 Å². The molecule has 2 aliphatic rings. The van der Waals surface area contributed by atoms with E-state index >= 15 is 0 Å². The smallest absolute Gasteiger partial charge is 0.0123 e. The molecule has 0 amide bonds. The van der Waals surface area contributed by atoms with Gasteiger partial charge < -0.3 is 5.32 Å². The van der Waals surface area contributed by atoms with Crippen molar-refractivity contribution < 1.29 is 0 Å². The fourth-order valence-corrected chi connectivity index (χ4v) is 4.81. The van der Waals surface area contributed by atoms with E-state index in [1.807, 2.05) is 0 Å². The quantitative estimate of drug-likeness (QED) is 0.780. The van der Waals surface area contributed by atoms with Gasteiger partial charge in [-0.1, -0.05) is 33.6 Å². The Morgan fingerprint density at radius 3 is 2.06 bits per heavy atom. The maximum atomic E-state index is 3.69. The van der Waals surface area contributed by atoms with Crippen molar-refractivity contribution in [1.29, 1.82) is 0 Å². The lowest BCUT2D eigenvalue weighted by Gasteiger charge is -2.40. The van der Waals surface area contributed by atoms with Crippen LogP contribution in [0.3, 0.4) is 0 Å². The Balaban J connectivity index is 2.01. The number of nitrogens with one attached hydrogen (secondary N) is 1. The molecule has 1 nitrogen and oxygen atoms in total. The molecular formula is C16H31N. The van der Waals surface area contributed by atoms with E-state index in [-0.39, 0.29) is 0 Å². The first-order valence-electron chi connectivity index (χ1n) is 7.79. The molecule has 100 valence electrons. The maximum absolute atomic E-state index is 3.69. The van der Waals surface area contributed by atoms with Crippen LogP contribution < -0.4 is 5.32 Å². The van der Waals surface area contributed by atoms with Crippen LogP contribution in [-0.4, -0.2) is 13.1 Å². The van der Waals surface area contributed by atoms with Gasteiger partial charge in [-0.25, -0.2) is 0 Å². The van der Waals surface area contributed by atoms with Crippen LogP contribution in [0.1, 0.15) is 59.3 Å². The molecule has 0 heterocycles. The van der Waals surface area contributed by atoms with Crippen molar-refractivity contribution in [3.8, 4) is 0 Å². The van der Waals surface area contributed by atoms with E-state index in [9.17, 15) is 0 Å². The molecule has 2 saturated carbocycles. The highest BCUT2D eigenvalue weighted by Gasteiger charge is 2.37. The van der Waals surface area contributed by atoms with Gasteiger partial charge in [0.15, 0.2) is 0 Å². The van der Waals surface area contributed by atoms with E-state index in [0.29, 0.717) is 0 Å². The highest BCUT2D eigenvalue weighted by Crippen LogP contribution is 2.42. The van der Waals surface area contributed by atoms with E-state index in [2.05, 4.69) is 33.1 Å². The lowest BCUT2D eigenvalue weighted by molar-refractivity contribution is 0.135. The highest BCUT2D eigenvalue weighted by atomic mass is 14.9. The molecule has 17 heavy (non-hydrogen) atoms. The van der Waals surface area contributed by atoms with E-state index in [0.717, 1.165) is 35.6 Å². The molecule has 1 N–H and O–H groups in total. The molecule has 0 aromatic rings. The second kappa shape index (κ2) is 5.73. The van der Waals surface area contributed by atoms with Gasteiger partial charge >= 0.3 is 0 Å². The molecular weight excluding hydrogens is 206 g/mol. The molecule has 2 rings (SSSR count). The molecule has 0 aromatic carbocycles. The first kappa shape index (κ1) is 13.4. The first-order chi connectivity index (χ1) is 8.11. The van der Waals surface area contributed by atoms with E-state index in [1.54, 1.807) is 0 Å². The predicted molar refractivity (Wildman–Crippen MR) is 75.0 cm³/mol. The second-order valence-electron chi connectivity index (χ2n) is 7.06. The summed E-state index contributed by atoms with van der Waals surface area (Å²) in [5.74, 6) is 4.71. The van der Waals surface area contributed by atoms with E-state index in [1.165, 1.54) is 38.5 Å². The summed E-state index contributed by atoms with van der Waals surface area (Å²) >= 11 is 0. The largest absolute Gasteiger partial charge is 0.316 e. The number of hydrogen-bond donors (Lipinski definition) is 1. The maximum Gasteiger partial charge on any atom is 0.0123 e. The zero-order valence-electron chi connectivity index (χ0n) is 12.2. The lowest BCUT2D eigenvalue weighted by atomic mass is 9.70. The Morgan fingerprint density at radius 2 is 1.59 bits per heavy atom. The molecule has 0 bridgehead atoms. The van der Waals surface area contributed by atoms with Gasteiger partial charge in [-0.3, -0.25) is 0 Å². The zero-order chi connectivity index (χ0) is 12.4. The van der Waals surface area contributed by atoms with E-state index in [4.69, 9.17) is 0 Å². The molecule has 0 saturated heterocycles. The minimum absolute atomic E-state index is 0.790. The van der Waals surface area contributed by atoms with Gasteiger partial charge in [-0.2, -0.15) is 0 Å². The second-order valence-corrected chi connectivity index (χ2v) is 7.06. The standard InChI is InChI=1S/C16H31N/c1-11-8-12(2)10-14(9-11)16(17-4)15-7-5-6-13(15)3/h11-17H,5-10H2,1-4H3. The Hall–Kier alpha value is -0.0400. The van der Waals surface area contributed by atoms with Crippen molar-refractivity contribution in [2.24, 2.45) is 29.6 Å². The predicted octanol–water partition coefficient (Wildman–Crippen LogP) is 4.08.